The second-order valence-corrected chi connectivity index (χ2v) is 5.44. The number of hydrogen-bond acceptors (Lipinski definition) is 1. The molecule has 1 N–H and O–H groups in total. The van der Waals surface area contributed by atoms with Crippen LogP contribution in [0.4, 0.5) is 5.69 Å². The Morgan fingerprint density at radius 2 is 1.70 bits per heavy atom. The average molecular weight is 265 g/mol. The molecule has 0 aliphatic rings. The van der Waals surface area contributed by atoms with Crippen molar-refractivity contribution in [2.45, 2.75) is 26.7 Å². The number of rotatable bonds is 6. The first-order valence-corrected chi connectivity index (χ1v) is 7.21. The Balaban J connectivity index is 1.84. The molecular weight excluding hydrogens is 242 g/mol. The van der Waals surface area contributed by atoms with E-state index in [2.05, 4.69) is 80.3 Å². The molecule has 1 atom stereocenters. The highest BCUT2D eigenvalue weighted by Gasteiger charge is 2.07. The fourth-order valence-corrected chi connectivity index (χ4v) is 2.15. The number of aryl methyl sites for hydroxylation is 2. The quantitative estimate of drug-likeness (QED) is 0.758. The van der Waals surface area contributed by atoms with Gasteiger partial charge >= 0.3 is 0 Å². The lowest BCUT2D eigenvalue weighted by molar-refractivity contribution is 0.618. The van der Waals surface area contributed by atoms with Gasteiger partial charge in [-0.25, -0.2) is 0 Å². The van der Waals surface area contributed by atoms with Crippen LogP contribution in [0, 0.1) is 12.8 Å². The predicted molar refractivity (Wildman–Crippen MR) is 87.9 cm³/mol. The van der Waals surface area contributed by atoms with Crippen LogP contribution in [0.15, 0.2) is 66.9 Å². The summed E-state index contributed by atoms with van der Waals surface area (Å²) in [7, 11) is 0. The normalized spacial score (nSPS) is 11.9. The van der Waals surface area contributed by atoms with Crippen molar-refractivity contribution >= 4 is 5.69 Å². The van der Waals surface area contributed by atoms with Gasteiger partial charge < -0.3 is 5.32 Å². The number of benzene rings is 2. The minimum atomic E-state index is 0.455. The van der Waals surface area contributed by atoms with Gasteiger partial charge in [-0.15, -0.1) is 0 Å². The van der Waals surface area contributed by atoms with E-state index < -0.39 is 0 Å². The van der Waals surface area contributed by atoms with Crippen molar-refractivity contribution in [1.29, 1.82) is 0 Å². The van der Waals surface area contributed by atoms with Gasteiger partial charge in [-0.05, 0) is 43.4 Å². The molecule has 1 nitrogen and oxygen atoms in total. The second kappa shape index (κ2) is 6.95. The maximum Gasteiger partial charge on any atom is 0.0381 e. The molecule has 0 bridgehead atoms. The van der Waals surface area contributed by atoms with Gasteiger partial charge in [0.2, 0.25) is 0 Å². The van der Waals surface area contributed by atoms with Gasteiger partial charge in [0.05, 0.1) is 0 Å². The summed E-state index contributed by atoms with van der Waals surface area (Å²) in [6, 6.07) is 19.1. The molecule has 0 heterocycles. The van der Waals surface area contributed by atoms with E-state index >= 15 is 0 Å². The smallest absolute Gasteiger partial charge is 0.0381 e. The van der Waals surface area contributed by atoms with E-state index in [-0.39, 0.29) is 0 Å². The van der Waals surface area contributed by atoms with Gasteiger partial charge in [-0.2, -0.15) is 0 Å². The van der Waals surface area contributed by atoms with Crippen molar-refractivity contribution < 1.29 is 0 Å². The molecule has 0 spiro atoms. The molecule has 0 amide bonds. The zero-order valence-electron chi connectivity index (χ0n) is 12.4. The summed E-state index contributed by atoms with van der Waals surface area (Å²) >= 11 is 0. The molecule has 2 aromatic rings. The first-order valence-electron chi connectivity index (χ1n) is 7.21. The molecule has 104 valence electrons. The Labute approximate surface area is 122 Å². The van der Waals surface area contributed by atoms with Gasteiger partial charge in [-0.1, -0.05) is 61.5 Å². The highest BCUT2D eigenvalue weighted by Crippen LogP contribution is 2.19. The molecular formula is C19H23N. The van der Waals surface area contributed by atoms with Crippen LogP contribution in [0.3, 0.4) is 0 Å². The molecule has 0 saturated heterocycles. The fourth-order valence-electron chi connectivity index (χ4n) is 2.15. The molecule has 0 radical (unpaired) electrons. The molecule has 1 unspecified atom stereocenters. The zero-order chi connectivity index (χ0) is 14.4. The van der Waals surface area contributed by atoms with Crippen LogP contribution in [-0.2, 0) is 6.42 Å². The summed E-state index contributed by atoms with van der Waals surface area (Å²) in [4.78, 5) is 0. The van der Waals surface area contributed by atoms with E-state index in [4.69, 9.17) is 0 Å². The number of hydrogen-bond donors (Lipinski definition) is 1. The van der Waals surface area contributed by atoms with Gasteiger partial charge in [-0.3, -0.25) is 0 Å². The molecule has 1 heteroatoms. The van der Waals surface area contributed by atoms with Gasteiger partial charge in [0.1, 0.15) is 0 Å². The SMILES string of the molecule is C=C(Nc1ccc(C)cc1)C(C)CCc1ccccc1. The minimum absolute atomic E-state index is 0.455. The van der Waals surface area contributed by atoms with Gasteiger partial charge in [0.25, 0.3) is 0 Å². The molecule has 2 aromatic carbocycles. The molecule has 0 saturated carbocycles. The van der Waals surface area contributed by atoms with Crippen LogP contribution in [0.25, 0.3) is 0 Å². The molecule has 0 aromatic heterocycles. The Kier molecular flexibility index (Phi) is 5.00. The maximum absolute atomic E-state index is 4.17. The first kappa shape index (κ1) is 14.4. The average Bonchev–Trinajstić information content (AvgIpc) is 2.48. The summed E-state index contributed by atoms with van der Waals surface area (Å²) < 4.78 is 0. The van der Waals surface area contributed by atoms with Crippen LogP contribution in [0.5, 0.6) is 0 Å². The van der Waals surface area contributed by atoms with E-state index in [1.807, 2.05) is 0 Å². The van der Waals surface area contributed by atoms with Crippen LogP contribution in [-0.4, -0.2) is 0 Å². The molecule has 0 fully saturated rings. The van der Waals surface area contributed by atoms with Crippen LogP contribution in [0.1, 0.15) is 24.5 Å². The topological polar surface area (TPSA) is 12.0 Å². The van der Waals surface area contributed by atoms with Gasteiger partial charge in [0.15, 0.2) is 0 Å². The van der Waals surface area contributed by atoms with Crippen LogP contribution in [0.2, 0.25) is 0 Å². The lowest BCUT2D eigenvalue weighted by Gasteiger charge is -2.17. The fraction of sp³-hybridized carbons (Fsp3) is 0.263. The predicted octanol–water partition coefficient (Wildman–Crippen LogP) is 5.19. The summed E-state index contributed by atoms with van der Waals surface area (Å²) in [6.07, 6.45) is 2.21. The zero-order valence-corrected chi connectivity index (χ0v) is 12.4. The number of nitrogens with one attached hydrogen (secondary N) is 1. The maximum atomic E-state index is 4.17. The Hall–Kier alpha value is -2.02. The number of allylic oxidation sites excluding steroid dienone is 1. The minimum Gasteiger partial charge on any atom is -0.359 e. The van der Waals surface area contributed by atoms with Crippen molar-refractivity contribution in [3.63, 3.8) is 0 Å². The van der Waals surface area contributed by atoms with Crippen molar-refractivity contribution in [3.8, 4) is 0 Å². The van der Waals surface area contributed by atoms with E-state index in [0.717, 1.165) is 24.2 Å². The van der Waals surface area contributed by atoms with Crippen LogP contribution >= 0.6 is 0 Å². The van der Waals surface area contributed by atoms with E-state index in [0.29, 0.717) is 5.92 Å². The lowest BCUT2D eigenvalue weighted by Crippen LogP contribution is -2.08. The molecule has 2 rings (SSSR count). The van der Waals surface area contributed by atoms with E-state index in [1.54, 1.807) is 0 Å². The molecule has 0 aliphatic carbocycles. The third kappa shape index (κ3) is 4.27. The highest BCUT2D eigenvalue weighted by atomic mass is 14.9. The third-order valence-electron chi connectivity index (χ3n) is 3.66. The standard InChI is InChI=1S/C19H23N/c1-15-9-13-19(14-10-15)20-17(3)16(2)11-12-18-7-5-4-6-8-18/h4-10,13-14,16,20H,3,11-12H2,1-2H3. The second-order valence-electron chi connectivity index (χ2n) is 5.44. The third-order valence-corrected chi connectivity index (χ3v) is 3.66. The summed E-state index contributed by atoms with van der Waals surface area (Å²) in [6.45, 7) is 8.50. The van der Waals surface area contributed by atoms with Crippen molar-refractivity contribution in [1.82, 2.24) is 0 Å². The van der Waals surface area contributed by atoms with E-state index in [1.165, 1.54) is 11.1 Å². The van der Waals surface area contributed by atoms with Gasteiger partial charge in [0, 0.05) is 11.4 Å². The Morgan fingerprint density at radius 3 is 2.35 bits per heavy atom. The largest absolute Gasteiger partial charge is 0.359 e. The van der Waals surface area contributed by atoms with Crippen molar-refractivity contribution in [2.24, 2.45) is 5.92 Å². The first-order chi connectivity index (χ1) is 9.65. The molecule has 20 heavy (non-hydrogen) atoms. The summed E-state index contributed by atoms with van der Waals surface area (Å²) in [5.41, 5.74) is 4.87. The van der Waals surface area contributed by atoms with Crippen molar-refractivity contribution in [2.75, 3.05) is 5.32 Å². The molecule has 0 aliphatic heterocycles. The summed E-state index contributed by atoms with van der Waals surface area (Å²) in [5, 5.41) is 3.41. The Morgan fingerprint density at radius 1 is 1.05 bits per heavy atom. The number of anilines is 1. The lowest BCUT2D eigenvalue weighted by atomic mass is 9.98. The van der Waals surface area contributed by atoms with Crippen molar-refractivity contribution in [3.05, 3.63) is 78.0 Å². The Bertz CT molecular complexity index is 540. The van der Waals surface area contributed by atoms with Crippen LogP contribution < -0.4 is 5.32 Å². The summed E-state index contributed by atoms with van der Waals surface area (Å²) in [5.74, 6) is 0.455. The highest BCUT2D eigenvalue weighted by molar-refractivity contribution is 5.48. The van der Waals surface area contributed by atoms with E-state index in [9.17, 15) is 0 Å². The monoisotopic (exact) mass is 265 g/mol.